The van der Waals surface area contributed by atoms with Gasteiger partial charge in [0.2, 0.25) is 5.88 Å². The summed E-state index contributed by atoms with van der Waals surface area (Å²) in [6.45, 7) is 0. The third kappa shape index (κ3) is 1.63. The number of nitriles is 1. The first-order valence-electron chi connectivity index (χ1n) is 4.71. The first-order chi connectivity index (χ1) is 7.78. The molecule has 0 bridgehead atoms. The molecule has 2 aromatic rings. The summed E-state index contributed by atoms with van der Waals surface area (Å²) in [6.07, 6.45) is 0. The predicted molar refractivity (Wildman–Crippen MR) is 59.6 cm³/mol. The Kier molecular flexibility index (Phi) is 2.61. The fourth-order valence-corrected chi connectivity index (χ4v) is 1.50. The molecule has 0 aliphatic rings. The molecule has 4 nitrogen and oxygen atoms in total. The van der Waals surface area contributed by atoms with Gasteiger partial charge in [0.1, 0.15) is 17.4 Å². The molecule has 0 saturated carbocycles. The van der Waals surface area contributed by atoms with Crippen LogP contribution in [0.15, 0.2) is 24.3 Å². The van der Waals surface area contributed by atoms with Crippen molar-refractivity contribution < 1.29 is 9.47 Å². The predicted octanol–water partition coefficient (Wildman–Crippen LogP) is 2.12. The lowest BCUT2D eigenvalue weighted by atomic mass is 10.1. The van der Waals surface area contributed by atoms with E-state index in [2.05, 4.69) is 4.98 Å². The number of hydrogen-bond donors (Lipinski definition) is 0. The van der Waals surface area contributed by atoms with E-state index < -0.39 is 0 Å². The van der Waals surface area contributed by atoms with Gasteiger partial charge in [-0.2, -0.15) is 5.26 Å². The summed E-state index contributed by atoms with van der Waals surface area (Å²) in [6, 6.07) is 9.27. The Morgan fingerprint density at radius 3 is 2.62 bits per heavy atom. The van der Waals surface area contributed by atoms with Crippen LogP contribution in [0.25, 0.3) is 10.9 Å². The lowest BCUT2D eigenvalue weighted by Crippen LogP contribution is -1.93. The minimum Gasteiger partial charge on any atom is -0.497 e. The van der Waals surface area contributed by atoms with E-state index in [0.717, 1.165) is 16.7 Å². The molecule has 2 rings (SSSR count). The average Bonchev–Trinajstić information content (AvgIpc) is 2.36. The van der Waals surface area contributed by atoms with Crippen molar-refractivity contribution in [1.82, 2.24) is 4.98 Å². The van der Waals surface area contributed by atoms with Gasteiger partial charge in [0.05, 0.1) is 19.7 Å². The van der Waals surface area contributed by atoms with Gasteiger partial charge in [-0.3, -0.25) is 0 Å². The lowest BCUT2D eigenvalue weighted by molar-refractivity contribution is 0.398. The first kappa shape index (κ1) is 10.2. The molecule has 1 heterocycles. The van der Waals surface area contributed by atoms with Crippen molar-refractivity contribution in [3.05, 3.63) is 29.8 Å². The Bertz CT molecular complexity index is 573. The van der Waals surface area contributed by atoms with E-state index in [4.69, 9.17) is 14.7 Å². The fraction of sp³-hybridized carbons (Fsp3) is 0.167. The highest BCUT2D eigenvalue weighted by Crippen LogP contribution is 2.24. The van der Waals surface area contributed by atoms with Gasteiger partial charge in [0.15, 0.2) is 0 Å². The normalized spacial score (nSPS) is 9.81. The molecule has 0 atom stereocenters. The quantitative estimate of drug-likeness (QED) is 0.768. The van der Waals surface area contributed by atoms with Crippen LogP contribution >= 0.6 is 0 Å². The van der Waals surface area contributed by atoms with Crippen molar-refractivity contribution in [3.63, 3.8) is 0 Å². The van der Waals surface area contributed by atoms with Crippen LogP contribution in [-0.2, 0) is 0 Å². The van der Waals surface area contributed by atoms with Crippen LogP contribution in [0.3, 0.4) is 0 Å². The fourth-order valence-electron chi connectivity index (χ4n) is 1.50. The Labute approximate surface area is 93.0 Å². The van der Waals surface area contributed by atoms with Gasteiger partial charge < -0.3 is 9.47 Å². The molecular formula is C12H10N2O2. The van der Waals surface area contributed by atoms with Gasteiger partial charge >= 0.3 is 0 Å². The van der Waals surface area contributed by atoms with Crippen LogP contribution in [0, 0.1) is 11.3 Å². The molecule has 80 valence electrons. The summed E-state index contributed by atoms with van der Waals surface area (Å²) in [5.41, 5.74) is 1.19. The van der Waals surface area contributed by atoms with E-state index >= 15 is 0 Å². The maximum atomic E-state index is 8.93. The zero-order chi connectivity index (χ0) is 11.5. The van der Waals surface area contributed by atoms with Gasteiger partial charge in [0.25, 0.3) is 0 Å². The van der Waals surface area contributed by atoms with Crippen molar-refractivity contribution in [3.8, 4) is 17.7 Å². The largest absolute Gasteiger partial charge is 0.497 e. The van der Waals surface area contributed by atoms with Gasteiger partial charge in [-0.15, -0.1) is 0 Å². The standard InChI is InChI=1S/C12H10N2O2/c1-15-10-3-4-11-8(6-10)5-9(7-13)12(14-11)16-2/h3-6H,1-2H3. The summed E-state index contributed by atoms with van der Waals surface area (Å²) < 4.78 is 10.1. The van der Waals surface area contributed by atoms with Crippen LogP contribution < -0.4 is 9.47 Å². The highest BCUT2D eigenvalue weighted by Gasteiger charge is 2.07. The summed E-state index contributed by atoms with van der Waals surface area (Å²) in [7, 11) is 3.10. The molecule has 0 saturated heterocycles. The topological polar surface area (TPSA) is 55.1 Å². The molecule has 16 heavy (non-hydrogen) atoms. The molecule has 0 aliphatic carbocycles. The van der Waals surface area contributed by atoms with E-state index in [1.165, 1.54) is 7.11 Å². The maximum Gasteiger partial charge on any atom is 0.231 e. The molecule has 4 heteroatoms. The Hall–Kier alpha value is -2.28. The maximum absolute atomic E-state index is 8.93. The molecule has 1 aromatic carbocycles. The molecule has 0 fully saturated rings. The third-order valence-electron chi connectivity index (χ3n) is 2.30. The molecule has 1 aromatic heterocycles. The number of methoxy groups -OCH3 is 2. The van der Waals surface area contributed by atoms with E-state index in [-0.39, 0.29) is 0 Å². The third-order valence-corrected chi connectivity index (χ3v) is 2.30. The Morgan fingerprint density at radius 1 is 1.19 bits per heavy atom. The minimum atomic E-state index is 0.347. The van der Waals surface area contributed by atoms with Crippen LogP contribution in [0.4, 0.5) is 0 Å². The molecule has 0 aliphatic heterocycles. The van der Waals surface area contributed by atoms with Crippen LogP contribution in [-0.4, -0.2) is 19.2 Å². The minimum absolute atomic E-state index is 0.347. The zero-order valence-corrected chi connectivity index (χ0v) is 9.02. The van der Waals surface area contributed by atoms with Crippen molar-refractivity contribution in [1.29, 1.82) is 5.26 Å². The number of hydrogen-bond acceptors (Lipinski definition) is 4. The molecule has 0 amide bonds. The lowest BCUT2D eigenvalue weighted by Gasteiger charge is -2.05. The van der Waals surface area contributed by atoms with Gasteiger partial charge in [-0.05, 0) is 24.3 Å². The van der Waals surface area contributed by atoms with E-state index in [0.29, 0.717) is 11.4 Å². The van der Waals surface area contributed by atoms with Crippen LogP contribution in [0.5, 0.6) is 11.6 Å². The Balaban J connectivity index is 2.69. The number of rotatable bonds is 2. The number of nitrogens with zero attached hydrogens (tertiary/aromatic N) is 2. The molecule has 0 unspecified atom stereocenters. The summed E-state index contributed by atoms with van der Waals surface area (Å²) in [4.78, 5) is 4.24. The van der Waals surface area contributed by atoms with E-state index in [9.17, 15) is 0 Å². The molecule has 0 N–H and O–H groups in total. The number of ether oxygens (including phenoxy) is 2. The number of fused-ring (bicyclic) bond motifs is 1. The highest BCUT2D eigenvalue weighted by atomic mass is 16.5. The van der Waals surface area contributed by atoms with Gasteiger partial charge in [-0.1, -0.05) is 0 Å². The molecular weight excluding hydrogens is 204 g/mol. The molecule has 0 spiro atoms. The number of benzene rings is 1. The van der Waals surface area contributed by atoms with E-state index in [1.54, 1.807) is 13.2 Å². The SMILES string of the molecule is COc1ccc2nc(OC)c(C#N)cc2c1. The van der Waals surface area contributed by atoms with Crippen molar-refractivity contribution >= 4 is 10.9 Å². The smallest absolute Gasteiger partial charge is 0.231 e. The average molecular weight is 214 g/mol. The van der Waals surface area contributed by atoms with Crippen molar-refractivity contribution in [2.45, 2.75) is 0 Å². The summed E-state index contributed by atoms with van der Waals surface area (Å²) in [5.74, 6) is 1.09. The summed E-state index contributed by atoms with van der Waals surface area (Å²) in [5, 5.41) is 9.79. The van der Waals surface area contributed by atoms with Crippen LogP contribution in [0.2, 0.25) is 0 Å². The number of aromatic nitrogens is 1. The second kappa shape index (κ2) is 4.07. The van der Waals surface area contributed by atoms with Crippen molar-refractivity contribution in [2.75, 3.05) is 14.2 Å². The second-order valence-corrected chi connectivity index (χ2v) is 3.22. The van der Waals surface area contributed by atoms with Crippen LogP contribution in [0.1, 0.15) is 5.56 Å². The Morgan fingerprint density at radius 2 is 2.00 bits per heavy atom. The number of pyridine rings is 1. The zero-order valence-electron chi connectivity index (χ0n) is 9.02. The summed E-state index contributed by atoms with van der Waals surface area (Å²) >= 11 is 0. The first-order valence-corrected chi connectivity index (χ1v) is 4.71. The van der Waals surface area contributed by atoms with Crippen molar-refractivity contribution in [2.24, 2.45) is 0 Å². The highest BCUT2D eigenvalue weighted by molar-refractivity contribution is 5.82. The monoisotopic (exact) mass is 214 g/mol. The van der Waals surface area contributed by atoms with E-state index in [1.807, 2.05) is 24.3 Å². The molecule has 0 radical (unpaired) electrons. The van der Waals surface area contributed by atoms with Gasteiger partial charge in [0, 0.05) is 5.39 Å². The van der Waals surface area contributed by atoms with Gasteiger partial charge in [-0.25, -0.2) is 4.98 Å². The second-order valence-electron chi connectivity index (χ2n) is 3.22.